The molecular weight excluding hydrogens is 266 g/mol. The van der Waals surface area contributed by atoms with Crippen LogP contribution in [-0.2, 0) is 17.6 Å². The van der Waals surface area contributed by atoms with Gasteiger partial charge in [-0.1, -0.05) is 6.92 Å². The van der Waals surface area contributed by atoms with Crippen molar-refractivity contribution in [2.75, 3.05) is 27.3 Å². The Labute approximate surface area is 127 Å². The molecule has 1 aromatic heterocycles. The van der Waals surface area contributed by atoms with Crippen molar-refractivity contribution in [1.29, 1.82) is 0 Å². The molecule has 2 rings (SSSR count). The fourth-order valence-electron chi connectivity index (χ4n) is 2.40. The molecule has 118 valence electrons. The molecule has 1 N–H and O–H groups in total. The lowest BCUT2D eigenvalue weighted by Crippen LogP contribution is -2.22. The summed E-state index contributed by atoms with van der Waals surface area (Å²) in [6.45, 7) is 5.62. The van der Waals surface area contributed by atoms with Crippen LogP contribution in [0.15, 0.2) is 0 Å². The summed E-state index contributed by atoms with van der Waals surface area (Å²) in [5.41, 5.74) is 2.26. The van der Waals surface area contributed by atoms with E-state index in [1.807, 2.05) is 14.0 Å². The normalized spacial score (nSPS) is 16.0. The second-order valence-corrected chi connectivity index (χ2v) is 5.68. The Kier molecular flexibility index (Phi) is 5.94. The van der Waals surface area contributed by atoms with Crippen LogP contribution in [0.4, 0.5) is 0 Å². The van der Waals surface area contributed by atoms with Gasteiger partial charge in [0.15, 0.2) is 0 Å². The molecule has 5 nitrogen and oxygen atoms in total. The maximum absolute atomic E-state index is 6.04. The first-order chi connectivity index (χ1) is 10.2. The molecule has 1 atom stereocenters. The molecule has 0 amide bonds. The van der Waals surface area contributed by atoms with Crippen LogP contribution in [0.3, 0.4) is 0 Å². The van der Waals surface area contributed by atoms with E-state index in [1.54, 1.807) is 7.11 Å². The third kappa shape index (κ3) is 4.38. The Morgan fingerprint density at radius 1 is 1.33 bits per heavy atom. The van der Waals surface area contributed by atoms with Crippen LogP contribution < -0.4 is 10.1 Å². The van der Waals surface area contributed by atoms with Gasteiger partial charge in [0.25, 0.3) is 0 Å². The average Bonchev–Trinajstić information content (AvgIpc) is 3.30. The molecule has 5 heteroatoms. The summed E-state index contributed by atoms with van der Waals surface area (Å²) < 4.78 is 11.2. The van der Waals surface area contributed by atoms with Crippen molar-refractivity contribution in [2.24, 2.45) is 0 Å². The van der Waals surface area contributed by atoms with Gasteiger partial charge in [0.1, 0.15) is 11.9 Å². The Balaban J connectivity index is 2.28. The Hall–Kier alpha value is -1.20. The van der Waals surface area contributed by atoms with Gasteiger partial charge < -0.3 is 14.8 Å². The SMILES string of the molecule is CCc1nc(C2CC2)nc(OC(C)COC)c1CCNC. The van der Waals surface area contributed by atoms with Crippen molar-refractivity contribution < 1.29 is 9.47 Å². The van der Waals surface area contributed by atoms with Crippen molar-refractivity contribution in [3.05, 3.63) is 17.1 Å². The number of aryl methyl sites for hydroxylation is 1. The minimum Gasteiger partial charge on any atom is -0.472 e. The summed E-state index contributed by atoms with van der Waals surface area (Å²) in [4.78, 5) is 9.47. The van der Waals surface area contributed by atoms with Crippen molar-refractivity contribution in [1.82, 2.24) is 15.3 Å². The van der Waals surface area contributed by atoms with E-state index in [4.69, 9.17) is 19.4 Å². The Morgan fingerprint density at radius 2 is 2.10 bits per heavy atom. The zero-order chi connectivity index (χ0) is 15.2. The number of methoxy groups -OCH3 is 1. The molecule has 1 aliphatic carbocycles. The van der Waals surface area contributed by atoms with Crippen LogP contribution in [0.5, 0.6) is 5.88 Å². The lowest BCUT2D eigenvalue weighted by Gasteiger charge is -2.18. The third-order valence-electron chi connectivity index (χ3n) is 3.69. The molecule has 1 heterocycles. The van der Waals surface area contributed by atoms with Crippen LogP contribution in [0.25, 0.3) is 0 Å². The van der Waals surface area contributed by atoms with Gasteiger partial charge in [-0.3, -0.25) is 0 Å². The van der Waals surface area contributed by atoms with Gasteiger partial charge in [-0.05, 0) is 46.2 Å². The lowest BCUT2D eigenvalue weighted by atomic mass is 10.1. The number of nitrogens with one attached hydrogen (secondary N) is 1. The summed E-state index contributed by atoms with van der Waals surface area (Å²) >= 11 is 0. The van der Waals surface area contributed by atoms with Crippen LogP contribution in [0.2, 0.25) is 0 Å². The van der Waals surface area contributed by atoms with Crippen LogP contribution in [0, 0.1) is 0 Å². The van der Waals surface area contributed by atoms with Gasteiger partial charge in [-0.2, -0.15) is 4.98 Å². The highest BCUT2D eigenvalue weighted by Gasteiger charge is 2.29. The van der Waals surface area contributed by atoms with Crippen LogP contribution in [0.1, 0.15) is 49.7 Å². The fourth-order valence-corrected chi connectivity index (χ4v) is 2.40. The van der Waals surface area contributed by atoms with Gasteiger partial charge in [-0.15, -0.1) is 0 Å². The minimum absolute atomic E-state index is 0.00463. The first-order valence-electron chi connectivity index (χ1n) is 7.89. The first kappa shape index (κ1) is 16.2. The highest BCUT2D eigenvalue weighted by Crippen LogP contribution is 2.39. The van der Waals surface area contributed by atoms with Gasteiger partial charge in [0.05, 0.1) is 12.3 Å². The summed E-state index contributed by atoms with van der Waals surface area (Å²) in [5, 5.41) is 3.19. The highest BCUT2D eigenvalue weighted by molar-refractivity contribution is 5.33. The molecule has 21 heavy (non-hydrogen) atoms. The summed E-state index contributed by atoms with van der Waals surface area (Å²) in [5.74, 6) is 2.25. The van der Waals surface area contributed by atoms with Crippen LogP contribution in [-0.4, -0.2) is 43.4 Å². The number of hydrogen-bond acceptors (Lipinski definition) is 5. The molecular formula is C16H27N3O2. The van der Waals surface area contributed by atoms with Crippen molar-refractivity contribution in [2.45, 2.75) is 51.6 Å². The lowest BCUT2D eigenvalue weighted by molar-refractivity contribution is 0.0878. The molecule has 0 aromatic carbocycles. The van der Waals surface area contributed by atoms with E-state index < -0.39 is 0 Å². The van der Waals surface area contributed by atoms with E-state index in [1.165, 1.54) is 12.8 Å². The molecule has 1 saturated carbocycles. The zero-order valence-corrected chi connectivity index (χ0v) is 13.6. The van der Waals surface area contributed by atoms with Crippen molar-refractivity contribution in [3.63, 3.8) is 0 Å². The van der Waals surface area contributed by atoms with E-state index in [-0.39, 0.29) is 6.10 Å². The number of likely N-dealkylation sites (N-methyl/N-ethyl adjacent to an activating group) is 1. The molecule has 0 bridgehead atoms. The maximum Gasteiger partial charge on any atom is 0.220 e. The molecule has 0 radical (unpaired) electrons. The number of nitrogens with zero attached hydrogens (tertiary/aromatic N) is 2. The standard InChI is InChI=1S/C16H27N3O2/c1-5-14-13(8-9-17-3)16(21-11(2)10-20-4)19-15(18-14)12-6-7-12/h11-12,17H,5-10H2,1-4H3. The topological polar surface area (TPSA) is 56.3 Å². The summed E-state index contributed by atoms with van der Waals surface area (Å²) in [6, 6.07) is 0. The van der Waals surface area contributed by atoms with E-state index in [2.05, 4.69) is 12.2 Å². The predicted octanol–water partition coefficient (Wildman–Crippen LogP) is 2.09. The maximum atomic E-state index is 6.04. The number of aromatic nitrogens is 2. The quantitative estimate of drug-likeness (QED) is 0.755. The molecule has 0 saturated heterocycles. The zero-order valence-electron chi connectivity index (χ0n) is 13.6. The van der Waals surface area contributed by atoms with E-state index >= 15 is 0 Å². The average molecular weight is 293 g/mol. The highest BCUT2D eigenvalue weighted by atomic mass is 16.5. The summed E-state index contributed by atoms with van der Waals surface area (Å²) in [7, 11) is 3.65. The molecule has 1 unspecified atom stereocenters. The van der Waals surface area contributed by atoms with Gasteiger partial charge in [0, 0.05) is 18.6 Å². The predicted molar refractivity (Wildman–Crippen MR) is 83.0 cm³/mol. The van der Waals surface area contributed by atoms with E-state index in [0.717, 1.165) is 42.3 Å². The smallest absolute Gasteiger partial charge is 0.220 e. The molecule has 0 aliphatic heterocycles. The molecule has 1 aromatic rings. The Bertz CT molecular complexity index is 461. The monoisotopic (exact) mass is 293 g/mol. The van der Waals surface area contributed by atoms with Gasteiger partial charge in [-0.25, -0.2) is 4.98 Å². The third-order valence-corrected chi connectivity index (χ3v) is 3.69. The van der Waals surface area contributed by atoms with Crippen molar-refractivity contribution in [3.8, 4) is 5.88 Å². The fraction of sp³-hybridized carbons (Fsp3) is 0.750. The second kappa shape index (κ2) is 7.71. The van der Waals surface area contributed by atoms with Crippen LogP contribution >= 0.6 is 0 Å². The van der Waals surface area contributed by atoms with Gasteiger partial charge >= 0.3 is 0 Å². The van der Waals surface area contributed by atoms with Gasteiger partial charge in [0.2, 0.25) is 5.88 Å². The number of hydrogen-bond donors (Lipinski definition) is 1. The number of rotatable bonds is 9. The number of ether oxygens (including phenoxy) is 2. The largest absolute Gasteiger partial charge is 0.472 e. The molecule has 0 spiro atoms. The first-order valence-corrected chi connectivity index (χ1v) is 7.89. The molecule has 1 fully saturated rings. The van der Waals surface area contributed by atoms with E-state index in [9.17, 15) is 0 Å². The van der Waals surface area contributed by atoms with E-state index in [0.29, 0.717) is 12.5 Å². The second-order valence-electron chi connectivity index (χ2n) is 5.68. The van der Waals surface area contributed by atoms with Crippen molar-refractivity contribution >= 4 is 0 Å². The molecule has 1 aliphatic rings. The minimum atomic E-state index is -0.00463. The Morgan fingerprint density at radius 3 is 2.67 bits per heavy atom. The summed E-state index contributed by atoms with van der Waals surface area (Å²) in [6.07, 6.45) is 4.20.